The van der Waals surface area contributed by atoms with Crippen LogP contribution < -0.4 is 0 Å². The number of hydrogen-bond donors (Lipinski definition) is 0. The van der Waals surface area contributed by atoms with Gasteiger partial charge in [0.2, 0.25) is 0 Å². The van der Waals surface area contributed by atoms with E-state index in [1.54, 1.807) is 0 Å². The number of para-hydroxylation sites is 2. The molecule has 2 heterocycles. The molecule has 14 rings (SSSR count). The molecule has 0 fully saturated rings. The van der Waals surface area contributed by atoms with Gasteiger partial charge in [0.25, 0.3) is 0 Å². The van der Waals surface area contributed by atoms with E-state index in [4.69, 9.17) is 0 Å². The summed E-state index contributed by atoms with van der Waals surface area (Å²) in [4.78, 5) is 0. The van der Waals surface area contributed by atoms with E-state index >= 15 is 0 Å². The largest absolute Gasteiger partial charge is 0.309 e. The molecule has 0 amide bonds. The normalized spacial score (nSPS) is 12.2. The zero-order valence-corrected chi connectivity index (χ0v) is 33.7. The molecule has 0 atom stereocenters. The Labute approximate surface area is 357 Å². The third kappa shape index (κ3) is 4.69. The molecule has 2 heteroatoms. The Kier molecular flexibility index (Phi) is 6.86. The van der Waals surface area contributed by atoms with Crippen LogP contribution in [0.4, 0.5) is 0 Å². The molecule has 13 aromatic rings. The number of rotatable bonds is 4. The molecule has 0 spiro atoms. The molecule has 1 aliphatic carbocycles. The second-order valence-corrected chi connectivity index (χ2v) is 16.9. The van der Waals surface area contributed by atoms with Gasteiger partial charge in [-0.05, 0) is 132 Å². The number of nitrogens with zero attached hydrogens (tertiary/aromatic N) is 2. The predicted molar refractivity (Wildman–Crippen MR) is 263 cm³/mol. The van der Waals surface area contributed by atoms with Gasteiger partial charge in [-0.1, -0.05) is 158 Å². The average Bonchev–Trinajstić information content (AvgIpc) is 3.98. The van der Waals surface area contributed by atoms with E-state index < -0.39 is 0 Å². The Balaban J connectivity index is 0.884. The maximum atomic E-state index is 2.44. The lowest BCUT2D eigenvalue weighted by molar-refractivity contribution is 1.19. The minimum Gasteiger partial charge on any atom is -0.309 e. The SMILES string of the molecule is c1ccc(-n2c3ccc(-c4ccc5c(c4)c4ccccc4n5-c4ccc5cc(-c6ccc7c8c(cccc68)-c6ccccc6-7)ccc5c4)cc3c3ccc4ccccc4c32)cc1. The first-order chi connectivity index (χ1) is 30.7. The molecule has 0 radical (unpaired) electrons. The third-order valence-corrected chi connectivity index (χ3v) is 13.6. The first-order valence-corrected chi connectivity index (χ1v) is 21.5. The van der Waals surface area contributed by atoms with Crippen LogP contribution in [0.25, 0.3) is 132 Å². The van der Waals surface area contributed by atoms with Crippen molar-refractivity contribution < 1.29 is 0 Å². The number of benzene rings is 11. The van der Waals surface area contributed by atoms with Crippen molar-refractivity contribution in [2.75, 3.05) is 0 Å². The zero-order valence-electron chi connectivity index (χ0n) is 33.7. The Morgan fingerprint density at radius 2 is 0.823 bits per heavy atom. The number of aromatic nitrogens is 2. The van der Waals surface area contributed by atoms with Crippen molar-refractivity contribution in [3.63, 3.8) is 0 Å². The summed E-state index contributed by atoms with van der Waals surface area (Å²) in [5.41, 5.74) is 17.5. The van der Waals surface area contributed by atoms with Crippen LogP contribution in [0.2, 0.25) is 0 Å². The lowest BCUT2D eigenvalue weighted by Crippen LogP contribution is -1.94. The summed E-state index contributed by atoms with van der Waals surface area (Å²) in [5.74, 6) is 0. The van der Waals surface area contributed by atoms with Gasteiger partial charge in [0, 0.05) is 38.3 Å². The van der Waals surface area contributed by atoms with Crippen LogP contribution in [0.1, 0.15) is 0 Å². The Bertz CT molecular complexity index is 4000. The van der Waals surface area contributed by atoms with Gasteiger partial charge in [0.15, 0.2) is 0 Å². The quantitative estimate of drug-likeness (QED) is 0.168. The van der Waals surface area contributed by atoms with Crippen LogP contribution in [-0.2, 0) is 0 Å². The van der Waals surface area contributed by atoms with Crippen LogP contribution in [0, 0.1) is 0 Å². The second-order valence-electron chi connectivity index (χ2n) is 16.9. The fourth-order valence-electron chi connectivity index (χ4n) is 10.8. The van der Waals surface area contributed by atoms with E-state index in [1.165, 1.54) is 126 Å². The van der Waals surface area contributed by atoms with Gasteiger partial charge in [-0.25, -0.2) is 0 Å². The van der Waals surface area contributed by atoms with Crippen LogP contribution >= 0.6 is 0 Å². The molecule has 62 heavy (non-hydrogen) atoms. The van der Waals surface area contributed by atoms with Gasteiger partial charge in [0.05, 0.1) is 22.1 Å². The topological polar surface area (TPSA) is 9.86 Å². The molecular weight excluding hydrogens is 749 g/mol. The zero-order chi connectivity index (χ0) is 40.5. The van der Waals surface area contributed by atoms with Crippen LogP contribution in [0.15, 0.2) is 218 Å². The van der Waals surface area contributed by atoms with Gasteiger partial charge in [-0.3, -0.25) is 0 Å². The molecule has 0 saturated heterocycles. The van der Waals surface area contributed by atoms with Crippen molar-refractivity contribution in [2.24, 2.45) is 0 Å². The van der Waals surface area contributed by atoms with Gasteiger partial charge < -0.3 is 9.13 Å². The molecule has 0 aliphatic heterocycles. The Hall–Kier alpha value is -8.20. The summed E-state index contributed by atoms with van der Waals surface area (Å²) >= 11 is 0. The fraction of sp³-hybridized carbons (Fsp3) is 0. The molecule has 0 bridgehead atoms. The highest BCUT2D eigenvalue weighted by Gasteiger charge is 2.23. The van der Waals surface area contributed by atoms with Crippen LogP contribution in [-0.4, -0.2) is 9.13 Å². The molecular formula is C60H36N2. The molecule has 286 valence electrons. The van der Waals surface area contributed by atoms with E-state index in [1.807, 2.05) is 0 Å². The Morgan fingerprint density at radius 1 is 0.242 bits per heavy atom. The molecule has 2 nitrogen and oxygen atoms in total. The standard InChI is InChI=1S/C60H36N2/c1-2-12-43(13-3-1)62-58-32-26-41(36-55(58)53-28-24-37-11-4-5-14-46(37)60(53)62)40-25-31-57-54(35-40)49-17-8-9-20-56(49)61(57)44-27-23-38-33-42(22-21-39(38)34-44)45-29-30-52-48-16-7-6-15-47(48)51-19-10-18-50(45)59(51)52/h1-36H. The Morgan fingerprint density at radius 3 is 1.66 bits per heavy atom. The van der Waals surface area contributed by atoms with Gasteiger partial charge in [-0.2, -0.15) is 0 Å². The van der Waals surface area contributed by atoms with E-state index in [0.29, 0.717) is 0 Å². The van der Waals surface area contributed by atoms with Gasteiger partial charge in [-0.15, -0.1) is 0 Å². The summed E-state index contributed by atoms with van der Waals surface area (Å²) in [6, 6.07) is 81.0. The molecule has 0 saturated carbocycles. The molecule has 11 aromatic carbocycles. The molecule has 2 aromatic heterocycles. The maximum Gasteiger partial charge on any atom is 0.0619 e. The summed E-state index contributed by atoms with van der Waals surface area (Å²) in [6.45, 7) is 0. The summed E-state index contributed by atoms with van der Waals surface area (Å²) in [7, 11) is 0. The van der Waals surface area contributed by atoms with Gasteiger partial charge in [0.1, 0.15) is 0 Å². The van der Waals surface area contributed by atoms with Crippen molar-refractivity contribution >= 4 is 75.9 Å². The van der Waals surface area contributed by atoms with Crippen molar-refractivity contribution in [3.8, 4) is 55.9 Å². The molecule has 0 unspecified atom stereocenters. The van der Waals surface area contributed by atoms with Crippen molar-refractivity contribution in [1.29, 1.82) is 0 Å². The number of hydrogen-bond acceptors (Lipinski definition) is 0. The lowest BCUT2D eigenvalue weighted by atomic mass is 9.93. The predicted octanol–water partition coefficient (Wildman–Crippen LogP) is 16.3. The fourth-order valence-corrected chi connectivity index (χ4v) is 10.8. The van der Waals surface area contributed by atoms with Gasteiger partial charge >= 0.3 is 0 Å². The van der Waals surface area contributed by atoms with Crippen molar-refractivity contribution in [3.05, 3.63) is 218 Å². The molecule has 0 N–H and O–H groups in total. The van der Waals surface area contributed by atoms with E-state index in [-0.39, 0.29) is 0 Å². The first-order valence-electron chi connectivity index (χ1n) is 21.5. The minimum absolute atomic E-state index is 1.16. The first kappa shape index (κ1) is 33.6. The lowest BCUT2D eigenvalue weighted by Gasteiger charge is -2.12. The second kappa shape index (κ2) is 12.7. The number of fused-ring (bicyclic) bond motifs is 12. The maximum absolute atomic E-state index is 2.44. The van der Waals surface area contributed by atoms with Crippen molar-refractivity contribution in [2.45, 2.75) is 0 Å². The highest BCUT2D eigenvalue weighted by Crippen LogP contribution is 2.49. The van der Waals surface area contributed by atoms with Crippen molar-refractivity contribution in [1.82, 2.24) is 9.13 Å². The summed E-state index contributed by atoms with van der Waals surface area (Å²) in [5, 5.41) is 12.7. The summed E-state index contributed by atoms with van der Waals surface area (Å²) < 4.78 is 4.87. The smallest absolute Gasteiger partial charge is 0.0619 e. The van der Waals surface area contributed by atoms with E-state index in [0.717, 1.165) is 5.69 Å². The average molecular weight is 785 g/mol. The van der Waals surface area contributed by atoms with E-state index in [2.05, 4.69) is 228 Å². The minimum atomic E-state index is 1.16. The monoisotopic (exact) mass is 784 g/mol. The third-order valence-electron chi connectivity index (χ3n) is 13.6. The summed E-state index contributed by atoms with van der Waals surface area (Å²) in [6.07, 6.45) is 0. The van der Waals surface area contributed by atoms with Crippen LogP contribution in [0.5, 0.6) is 0 Å². The highest BCUT2D eigenvalue weighted by molar-refractivity contribution is 6.20. The van der Waals surface area contributed by atoms with E-state index in [9.17, 15) is 0 Å². The molecule has 1 aliphatic rings. The highest BCUT2D eigenvalue weighted by atomic mass is 15.0. The van der Waals surface area contributed by atoms with Crippen LogP contribution in [0.3, 0.4) is 0 Å².